The van der Waals surface area contributed by atoms with E-state index >= 15 is 0 Å². The van der Waals surface area contributed by atoms with Gasteiger partial charge in [-0.05, 0) is 68.6 Å². The molecule has 1 aliphatic heterocycles. The maximum Gasteiger partial charge on any atom is 0.408 e. The number of methoxy groups -OCH3 is 2. The molecule has 1 aliphatic rings. The highest BCUT2D eigenvalue weighted by Gasteiger charge is 2.28. The lowest BCUT2D eigenvalue weighted by atomic mass is 9.85. The quantitative estimate of drug-likeness (QED) is 0.634. The molecule has 184 valence electrons. The molecule has 0 fully saturated rings. The lowest BCUT2D eigenvalue weighted by molar-refractivity contribution is -0.139. The van der Waals surface area contributed by atoms with Crippen molar-refractivity contribution in [3.05, 3.63) is 47.0 Å². The fourth-order valence-electron chi connectivity index (χ4n) is 4.30. The van der Waals surface area contributed by atoms with Crippen molar-refractivity contribution in [1.29, 1.82) is 0 Å². The molecule has 8 heteroatoms. The number of benzene rings is 2. The van der Waals surface area contributed by atoms with Crippen molar-refractivity contribution in [2.75, 3.05) is 27.8 Å². The van der Waals surface area contributed by atoms with E-state index in [0.717, 1.165) is 40.8 Å². The van der Waals surface area contributed by atoms with Crippen molar-refractivity contribution in [2.45, 2.75) is 51.8 Å². The van der Waals surface area contributed by atoms with Gasteiger partial charge in [0.25, 0.3) is 0 Å². The van der Waals surface area contributed by atoms with Gasteiger partial charge >= 0.3 is 12.1 Å². The minimum Gasteiger partial charge on any atom is -0.496 e. The van der Waals surface area contributed by atoms with E-state index in [2.05, 4.69) is 17.3 Å². The molecule has 2 aromatic rings. The number of carboxylic acids is 1. The van der Waals surface area contributed by atoms with Crippen LogP contribution >= 0.6 is 0 Å². The van der Waals surface area contributed by atoms with Gasteiger partial charge in [0.15, 0.2) is 0 Å². The highest BCUT2D eigenvalue weighted by molar-refractivity contribution is 5.82. The number of alkyl carbamates (subject to hydrolysis) is 1. The second kappa shape index (κ2) is 10.3. The fourth-order valence-corrected chi connectivity index (χ4v) is 4.30. The first-order valence-corrected chi connectivity index (χ1v) is 11.3. The highest BCUT2D eigenvalue weighted by Crippen LogP contribution is 2.42. The van der Waals surface area contributed by atoms with Crippen LogP contribution in [0.1, 0.15) is 37.5 Å². The average Bonchev–Trinajstić information content (AvgIpc) is 2.76. The highest BCUT2D eigenvalue weighted by atomic mass is 16.6. The summed E-state index contributed by atoms with van der Waals surface area (Å²) < 4.78 is 16.5. The van der Waals surface area contributed by atoms with Gasteiger partial charge in [-0.3, -0.25) is 0 Å². The topological polar surface area (TPSA) is 97.3 Å². The van der Waals surface area contributed by atoms with Crippen LogP contribution in [0.15, 0.2) is 30.3 Å². The van der Waals surface area contributed by atoms with Crippen LogP contribution in [0.25, 0.3) is 11.1 Å². The van der Waals surface area contributed by atoms with Crippen LogP contribution < -0.4 is 14.8 Å². The number of aliphatic carboxylic acids is 1. The lowest BCUT2D eigenvalue weighted by Crippen LogP contribution is -2.45. The van der Waals surface area contributed by atoms with E-state index in [-0.39, 0.29) is 6.42 Å². The van der Waals surface area contributed by atoms with Crippen molar-refractivity contribution >= 4 is 12.1 Å². The zero-order valence-corrected chi connectivity index (χ0v) is 20.7. The van der Waals surface area contributed by atoms with Gasteiger partial charge in [-0.1, -0.05) is 18.2 Å². The summed E-state index contributed by atoms with van der Waals surface area (Å²) >= 11 is 0. The third-order valence-corrected chi connectivity index (χ3v) is 5.81. The number of likely N-dealkylation sites (N-methyl/N-ethyl adjacent to an activating group) is 1. The van der Waals surface area contributed by atoms with Crippen molar-refractivity contribution in [3.8, 4) is 22.6 Å². The number of fused-ring (bicyclic) bond motifs is 1. The summed E-state index contributed by atoms with van der Waals surface area (Å²) in [6.07, 6.45) is 0.179. The molecular formula is C26H34N2O6. The summed E-state index contributed by atoms with van der Waals surface area (Å²) in [5, 5.41) is 12.3. The minimum atomic E-state index is -1.11. The first kappa shape index (κ1) is 25.4. The predicted molar refractivity (Wildman–Crippen MR) is 130 cm³/mol. The second-order valence-electron chi connectivity index (χ2n) is 9.50. The number of carboxylic acid groups (broad SMARTS) is 1. The molecule has 2 N–H and O–H groups in total. The molecular weight excluding hydrogens is 436 g/mol. The van der Waals surface area contributed by atoms with Gasteiger partial charge in [0, 0.05) is 19.5 Å². The molecule has 0 saturated heterocycles. The number of hydrogen-bond donors (Lipinski definition) is 2. The van der Waals surface area contributed by atoms with E-state index in [1.54, 1.807) is 35.0 Å². The van der Waals surface area contributed by atoms with Crippen molar-refractivity contribution in [3.63, 3.8) is 0 Å². The van der Waals surface area contributed by atoms with E-state index < -0.39 is 23.7 Å². The normalized spacial score (nSPS) is 14.6. The van der Waals surface area contributed by atoms with Gasteiger partial charge in [-0.25, -0.2) is 9.59 Å². The predicted octanol–water partition coefficient (Wildman–Crippen LogP) is 3.88. The van der Waals surface area contributed by atoms with Gasteiger partial charge < -0.3 is 29.5 Å². The van der Waals surface area contributed by atoms with Crippen LogP contribution in [-0.4, -0.2) is 61.5 Å². The summed E-state index contributed by atoms with van der Waals surface area (Å²) in [4.78, 5) is 26.4. The van der Waals surface area contributed by atoms with Gasteiger partial charge in [0.2, 0.25) is 0 Å². The van der Waals surface area contributed by atoms with Crippen molar-refractivity contribution in [2.24, 2.45) is 0 Å². The fraction of sp³-hybridized carbons (Fsp3) is 0.462. The molecule has 1 unspecified atom stereocenters. The number of carbonyl (C=O) groups excluding carboxylic acids is 1. The Morgan fingerprint density at radius 3 is 2.29 bits per heavy atom. The van der Waals surface area contributed by atoms with Gasteiger partial charge in [-0.2, -0.15) is 0 Å². The Morgan fingerprint density at radius 1 is 1.09 bits per heavy atom. The first-order chi connectivity index (χ1) is 16.0. The van der Waals surface area contributed by atoms with E-state index in [9.17, 15) is 14.7 Å². The average molecular weight is 471 g/mol. The van der Waals surface area contributed by atoms with Crippen LogP contribution in [0.3, 0.4) is 0 Å². The van der Waals surface area contributed by atoms with Crippen LogP contribution in [0.2, 0.25) is 0 Å². The minimum absolute atomic E-state index is 0.157. The Bertz CT molecular complexity index is 1040. The van der Waals surface area contributed by atoms with E-state index in [1.165, 1.54) is 0 Å². The standard InChI is InChI=1S/C26H34N2O6/c1-26(2,3)34-25(31)27-20(24(29)30)14-16-10-11-18(19-15-28(4)13-12-17(16)19)23-21(32-5)8-7-9-22(23)33-6/h7-11,20H,12-15H2,1-6H3,(H,27,31)(H,29,30). The Kier molecular flexibility index (Phi) is 7.71. The molecule has 0 aromatic heterocycles. The first-order valence-electron chi connectivity index (χ1n) is 11.3. The molecule has 0 aliphatic carbocycles. The van der Waals surface area contributed by atoms with Crippen molar-refractivity contribution < 1.29 is 28.9 Å². The van der Waals surface area contributed by atoms with Crippen molar-refractivity contribution in [1.82, 2.24) is 10.2 Å². The SMILES string of the molecule is COc1cccc(OC)c1-c1ccc(CC(NC(=O)OC(C)(C)C)C(=O)O)c2c1CN(C)CC2. The zero-order valence-electron chi connectivity index (χ0n) is 20.7. The molecule has 1 atom stereocenters. The number of nitrogens with one attached hydrogen (secondary N) is 1. The molecule has 2 aromatic carbocycles. The van der Waals surface area contributed by atoms with E-state index in [1.807, 2.05) is 30.3 Å². The number of amides is 1. The monoisotopic (exact) mass is 470 g/mol. The summed E-state index contributed by atoms with van der Waals surface area (Å²) in [6, 6.07) is 8.50. The van der Waals surface area contributed by atoms with Crippen LogP contribution in [0, 0.1) is 0 Å². The molecule has 34 heavy (non-hydrogen) atoms. The third-order valence-electron chi connectivity index (χ3n) is 5.81. The number of ether oxygens (including phenoxy) is 3. The second-order valence-corrected chi connectivity index (χ2v) is 9.50. The summed E-state index contributed by atoms with van der Waals surface area (Å²) in [5.74, 6) is 0.304. The molecule has 0 spiro atoms. The lowest BCUT2D eigenvalue weighted by Gasteiger charge is -2.30. The Labute approximate surface area is 200 Å². The van der Waals surface area contributed by atoms with Gasteiger partial charge in [0.1, 0.15) is 23.1 Å². The summed E-state index contributed by atoms with van der Waals surface area (Å²) in [7, 11) is 5.32. The van der Waals surface area contributed by atoms with Gasteiger partial charge in [0.05, 0.1) is 19.8 Å². The van der Waals surface area contributed by atoms with E-state index in [4.69, 9.17) is 14.2 Å². The maximum atomic E-state index is 12.2. The molecule has 0 saturated carbocycles. The molecule has 1 heterocycles. The molecule has 0 radical (unpaired) electrons. The largest absolute Gasteiger partial charge is 0.496 e. The Hall–Kier alpha value is -3.26. The van der Waals surface area contributed by atoms with Crippen LogP contribution in [0.4, 0.5) is 4.79 Å². The number of nitrogens with zero attached hydrogens (tertiary/aromatic N) is 1. The Balaban J connectivity index is 2.03. The maximum absolute atomic E-state index is 12.2. The Morgan fingerprint density at radius 2 is 1.74 bits per heavy atom. The zero-order chi connectivity index (χ0) is 25.0. The van der Waals surface area contributed by atoms with Crippen LogP contribution in [0.5, 0.6) is 11.5 Å². The molecule has 3 rings (SSSR count). The number of carbonyl (C=O) groups is 2. The number of hydrogen-bond acceptors (Lipinski definition) is 6. The molecule has 1 amide bonds. The van der Waals surface area contributed by atoms with E-state index in [0.29, 0.717) is 18.0 Å². The summed E-state index contributed by atoms with van der Waals surface area (Å²) in [5.41, 5.74) is 4.24. The smallest absolute Gasteiger partial charge is 0.408 e. The number of rotatable bonds is 7. The van der Waals surface area contributed by atoms with Gasteiger partial charge in [-0.15, -0.1) is 0 Å². The third kappa shape index (κ3) is 5.80. The molecule has 0 bridgehead atoms. The molecule has 8 nitrogen and oxygen atoms in total. The van der Waals surface area contributed by atoms with Crippen LogP contribution in [-0.2, 0) is 28.9 Å². The summed E-state index contributed by atoms with van der Waals surface area (Å²) in [6.45, 7) is 6.76.